The van der Waals surface area contributed by atoms with Crippen molar-refractivity contribution in [2.45, 2.75) is 25.4 Å². The molecule has 0 aromatic heterocycles. The van der Waals surface area contributed by atoms with Crippen molar-refractivity contribution in [2.24, 2.45) is 0 Å². The van der Waals surface area contributed by atoms with E-state index in [2.05, 4.69) is 5.32 Å². The van der Waals surface area contributed by atoms with Crippen molar-refractivity contribution in [1.29, 1.82) is 0 Å². The van der Waals surface area contributed by atoms with Gasteiger partial charge in [-0.2, -0.15) is 13.2 Å². The Morgan fingerprint density at radius 2 is 1.62 bits per heavy atom. The van der Waals surface area contributed by atoms with Gasteiger partial charge in [0, 0.05) is 13.0 Å². The molecule has 1 amide bonds. The van der Waals surface area contributed by atoms with Crippen molar-refractivity contribution in [2.75, 3.05) is 6.54 Å². The second-order valence-corrected chi connectivity index (χ2v) is 5.76. The van der Waals surface area contributed by atoms with Gasteiger partial charge < -0.3 is 10.4 Å². The average Bonchev–Trinajstić information content (AvgIpc) is 2.60. The second-order valence-electron chi connectivity index (χ2n) is 5.76. The molecule has 7 heteroatoms. The molecule has 4 nitrogen and oxygen atoms in total. The predicted molar refractivity (Wildman–Crippen MR) is 89.9 cm³/mol. The van der Waals surface area contributed by atoms with Crippen LogP contribution >= 0.6 is 0 Å². The third-order valence-corrected chi connectivity index (χ3v) is 3.88. The highest BCUT2D eigenvalue weighted by Gasteiger charge is 2.32. The van der Waals surface area contributed by atoms with Crippen molar-refractivity contribution in [1.82, 2.24) is 5.32 Å². The Bertz CT molecular complexity index is 770. The quantitative estimate of drug-likeness (QED) is 0.786. The van der Waals surface area contributed by atoms with E-state index in [1.54, 1.807) is 12.1 Å². The van der Waals surface area contributed by atoms with E-state index >= 15 is 0 Å². The van der Waals surface area contributed by atoms with Gasteiger partial charge in [0.05, 0.1) is 11.1 Å². The molecule has 138 valence electrons. The lowest BCUT2D eigenvalue weighted by Crippen LogP contribution is -2.26. The molecule has 2 aromatic rings. The summed E-state index contributed by atoms with van der Waals surface area (Å²) in [5, 5.41) is 11.4. The number of benzene rings is 2. The summed E-state index contributed by atoms with van der Waals surface area (Å²) in [6.07, 6.45) is -3.73. The van der Waals surface area contributed by atoms with Crippen LogP contribution in [0.3, 0.4) is 0 Å². The summed E-state index contributed by atoms with van der Waals surface area (Å²) in [4.78, 5) is 22.6. The van der Waals surface area contributed by atoms with Gasteiger partial charge in [0.15, 0.2) is 0 Å². The summed E-state index contributed by atoms with van der Waals surface area (Å²) >= 11 is 0. The smallest absolute Gasteiger partial charge is 0.416 e. The van der Waals surface area contributed by atoms with Crippen LogP contribution < -0.4 is 5.32 Å². The van der Waals surface area contributed by atoms with E-state index in [0.29, 0.717) is 6.42 Å². The predicted octanol–water partition coefficient (Wildman–Crippen LogP) is 3.70. The standard InChI is InChI=1S/C19H18F3NO3/c20-19(21,22)16-4-2-1-3-14(16)11-12-23-17(24)10-7-13-5-8-15(9-6-13)18(25)26/h1-6,8-9H,7,10-12H2,(H,23,24)(H,25,26). The zero-order valence-electron chi connectivity index (χ0n) is 13.8. The first kappa shape index (κ1) is 19.5. The van der Waals surface area contributed by atoms with Crippen LogP contribution in [0.5, 0.6) is 0 Å². The van der Waals surface area contributed by atoms with Crippen molar-refractivity contribution < 1.29 is 27.9 Å². The van der Waals surface area contributed by atoms with E-state index < -0.39 is 17.7 Å². The van der Waals surface area contributed by atoms with E-state index in [1.807, 2.05) is 0 Å². The Hall–Kier alpha value is -2.83. The Kier molecular flexibility index (Phi) is 6.38. The lowest BCUT2D eigenvalue weighted by Gasteiger charge is -2.13. The molecule has 2 N–H and O–H groups in total. The fraction of sp³-hybridized carbons (Fsp3) is 0.263. The van der Waals surface area contributed by atoms with Gasteiger partial charge in [-0.3, -0.25) is 4.79 Å². The van der Waals surface area contributed by atoms with Gasteiger partial charge in [0.2, 0.25) is 5.91 Å². The summed E-state index contributed by atoms with van der Waals surface area (Å²) in [6.45, 7) is 0.115. The fourth-order valence-corrected chi connectivity index (χ4v) is 2.51. The number of hydrogen-bond acceptors (Lipinski definition) is 2. The highest BCUT2D eigenvalue weighted by atomic mass is 19.4. The number of alkyl halides is 3. The number of halogens is 3. The van der Waals surface area contributed by atoms with Gasteiger partial charge in [-0.25, -0.2) is 4.79 Å². The first-order valence-electron chi connectivity index (χ1n) is 8.01. The van der Waals surface area contributed by atoms with Crippen LogP contribution in [0.4, 0.5) is 13.2 Å². The molecule has 0 aliphatic heterocycles. The first-order valence-corrected chi connectivity index (χ1v) is 8.01. The summed E-state index contributed by atoms with van der Waals surface area (Å²) in [5.41, 5.74) is 0.437. The Morgan fingerprint density at radius 3 is 2.23 bits per heavy atom. The zero-order valence-corrected chi connectivity index (χ0v) is 13.8. The van der Waals surface area contributed by atoms with Crippen LogP contribution in [0.15, 0.2) is 48.5 Å². The molecule has 0 fully saturated rings. The maximum Gasteiger partial charge on any atom is 0.416 e. The Labute approximate surface area is 148 Å². The molecule has 0 spiro atoms. The Balaban J connectivity index is 1.80. The number of rotatable bonds is 7. The molecule has 0 unspecified atom stereocenters. The van der Waals surface area contributed by atoms with Crippen LogP contribution in [0.2, 0.25) is 0 Å². The minimum atomic E-state index is -4.41. The van der Waals surface area contributed by atoms with Crippen LogP contribution in [0.25, 0.3) is 0 Å². The van der Waals surface area contributed by atoms with Crippen molar-refractivity contribution in [3.8, 4) is 0 Å². The van der Waals surface area contributed by atoms with Crippen LogP contribution in [-0.2, 0) is 23.8 Å². The van der Waals surface area contributed by atoms with E-state index in [-0.39, 0.29) is 36.4 Å². The van der Waals surface area contributed by atoms with Crippen molar-refractivity contribution in [3.63, 3.8) is 0 Å². The van der Waals surface area contributed by atoms with Gasteiger partial charge in [-0.15, -0.1) is 0 Å². The van der Waals surface area contributed by atoms with Crippen LogP contribution in [0, 0.1) is 0 Å². The van der Waals surface area contributed by atoms with Crippen molar-refractivity contribution >= 4 is 11.9 Å². The molecule has 0 radical (unpaired) electrons. The van der Waals surface area contributed by atoms with Crippen LogP contribution in [0.1, 0.15) is 33.5 Å². The highest BCUT2D eigenvalue weighted by Crippen LogP contribution is 2.31. The molecule has 2 aromatic carbocycles. The molecule has 0 saturated carbocycles. The molecule has 0 bridgehead atoms. The lowest BCUT2D eigenvalue weighted by atomic mass is 10.0. The average molecular weight is 365 g/mol. The molecule has 26 heavy (non-hydrogen) atoms. The largest absolute Gasteiger partial charge is 0.478 e. The number of carbonyl (C=O) groups is 2. The number of carboxylic acids is 1. The molecular weight excluding hydrogens is 347 g/mol. The maximum absolute atomic E-state index is 12.9. The highest BCUT2D eigenvalue weighted by molar-refractivity contribution is 5.87. The number of hydrogen-bond donors (Lipinski definition) is 2. The van der Waals surface area contributed by atoms with E-state index in [4.69, 9.17) is 5.11 Å². The topological polar surface area (TPSA) is 66.4 Å². The number of amides is 1. The molecule has 0 atom stereocenters. The number of aromatic carboxylic acids is 1. The molecule has 0 saturated heterocycles. The number of nitrogens with one attached hydrogen (secondary N) is 1. The van der Waals surface area contributed by atoms with Crippen molar-refractivity contribution in [3.05, 3.63) is 70.8 Å². The normalized spacial score (nSPS) is 11.2. The molecule has 2 rings (SSSR count). The minimum absolute atomic E-state index is 0.0920. The second kappa shape index (κ2) is 8.51. The number of carbonyl (C=O) groups excluding carboxylic acids is 1. The monoisotopic (exact) mass is 365 g/mol. The molecule has 0 heterocycles. The maximum atomic E-state index is 12.9. The summed E-state index contributed by atoms with van der Waals surface area (Å²) < 4.78 is 38.7. The van der Waals surface area contributed by atoms with E-state index in [9.17, 15) is 22.8 Å². The Morgan fingerprint density at radius 1 is 0.962 bits per heavy atom. The number of carboxylic acid groups (broad SMARTS) is 1. The minimum Gasteiger partial charge on any atom is -0.478 e. The van der Waals surface area contributed by atoms with Crippen LogP contribution in [-0.4, -0.2) is 23.5 Å². The molecule has 0 aliphatic rings. The van der Waals surface area contributed by atoms with Gasteiger partial charge in [-0.1, -0.05) is 30.3 Å². The van der Waals surface area contributed by atoms with E-state index in [1.165, 1.54) is 30.3 Å². The third-order valence-electron chi connectivity index (χ3n) is 3.88. The van der Waals surface area contributed by atoms with Gasteiger partial charge >= 0.3 is 12.1 Å². The zero-order chi connectivity index (χ0) is 19.2. The lowest BCUT2D eigenvalue weighted by molar-refractivity contribution is -0.138. The SMILES string of the molecule is O=C(CCc1ccc(C(=O)O)cc1)NCCc1ccccc1C(F)(F)F. The van der Waals surface area contributed by atoms with Gasteiger partial charge in [0.1, 0.15) is 0 Å². The molecular formula is C19H18F3NO3. The summed E-state index contributed by atoms with van der Waals surface area (Å²) in [5.74, 6) is -1.29. The first-order chi connectivity index (χ1) is 12.3. The van der Waals surface area contributed by atoms with Gasteiger partial charge in [0.25, 0.3) is 0 Å². The fourth-order valence-electron chi connectivity index (χ4n) is 2.51. The van der Waals surface area contributed by atoms with E-state index in [0.717, 1.165) is 11.6 Å². The van der Waals surface area contributed by atoms with Gasteiger partial charge in [-0.05, 0) is 42.2 Å². The summed E-state index contributed by atoms with van der Waals surface area (Å²) in [7, 11) is 0. The summed E-state index contributed by atoms with van der Waals surface area (Å²) in [6, 6.07) is 11.5. The third kappa shape index (κ3) is 5.61. The number of aryl methyl sites for hydroxylation is 1. The molecule has 0 aliphatic carbocycles.